The van der Waals surface area contributed by atoms with Crippen molar-refractivity contribution in [1.82, 2.24) is 0 Å². The molecule has 0 radical (unpaired) electrons. The third-order valence-electron chi connectivity index (χ3n) is 11.3. The number of benzene rings is 4. The van der Waals surface area contributed by atoms with Crippen molar-refractivity contribution in [3.63, 3.8) is 0 Å². The van der Waals surface area contributed by atoms with Crippen LogP contribution >= 0.6 is 0 Å². The molecule has 1 fully saturated rings. The number of imide groups is 2. The van der Waals surface area contributed by atoms with Gasteiger partial charge in [-0.2, -0.15) is 0 Å². The second-order valence-corrected chi connectivity index (χ2v) is 17.4. The molecule has 1 saturated heterocycles. The van der Waals surface area contributed by atoms with Crippen molar-refractivity contribution in [3.8, 4) is 17.2 Å². The van der Waals surface area contributed by atoms with Crippen molar-refractivity contribution in [2.75, 3.05) is 60.8 Å². The van der Waals surface area contributed by atoms with Gasteiger partial charge in [0.1, 0.15) is 49.8 Å². The van der Waals surface area contributed by atoms with Gasteiger partial charge in [-0.05, 0) is 78.1 Å². The first-order valence-corrected chi connectivity index (χ1v) is 20.6. The van der Waals surface area contributed by atoms with Crippen LogP contribution in [0.2, 0.25) is 0 Å². The fraction of sp³-hybridized carbons (Fsp3) is 0.383. The smallest absolute Gasteiger partial charge is 0.338 e. The van der Waals surface area contributed by atoms with E-state index in [1.54, 1.807) is 37.3 Å². The van der Waals surface area contributed by atoms with Gasteiger partial charge in [0.25, 0.3) is 29.6 Å². The molecule has 4 aromatic rings. The number of aliphatic hydroxyl groups is 1. The molecule has 0 aromatic heterocycles. The summed E-state index contributed by atoms with van der Waals surface area (Å²) in [5.74, 6) is -3.98. The van der Waals surface area contributed by atoms with Crippen LogP contribution < -0.4 is 28.9 Å². The summed E-state index contributed by atoms with van der Waals surface area (Å²) in [7, 11) is 0. The summed E-state index contributed by atoms with van der Waals surface area (Å²) in [6.07, 6.45) is 2.46. The Labute approximate surface area is 353 Å². The maximum absolute atomic E-state index is 15.4. The minimum absolute atomic E-state index is 0.0331. The molecule has 14 nitrogen and oxygen atoms in total. The number of hydrogen-bond acceptors (Lipinski definition) is 12. The minimum Gasteiger partial charge on any atom is -0.493 e. The zero-order chi connectivity index (χ0) is 43.5. The Hall–Kier alpha value is -6.57. The van der Waals surface area contributed by atoms with Crippen molar-refractivity contribution >= 4 is 57.4 Å². The van der Waals surface area contributed by atoms with Crippen LogP contribution in [0.3, 0.4) is 0 Å². The molecule has 1 N–H and O–H groups in total. The summed E-state index contributed by atoms with van der Waals surface area (Å²) in [6.45, 7) is 14.3. The van der Waals surface area contributed by atoms with E-state index in [2.05, 4.69) is 0 Å². The molecule has 7 aliphatic heterocycles. The van der Waals surface area contributed by atoms with E-state index in [-0.39, 0.29) is 94.7 Å². The van der Waals surface area contributed by atoms with E-state index in [4.69, 9.17) is 23.7 Å². The number of ether oxygens (including phenoxy) is 5. The lowest BCUT2D eigenvalue weighted by Gasteiger charge is -2.36. The van der Waals surface area contributed by atoms with Crippen LogP contribution in [0.15, 0.2) is 60.6 Å². The number of fused-ring (bicyclic) bond motifs is 2. The maximum Gasteiger partial charge on any atom is 0.338 e. The molecule has 0 unspecified atom stereocenters. The number of anilines is 3. The largest absolute Gasteiger partial charge is 0.493 e. The number of nitrogens with zero attached hydrogens (tertiary/aromatic N) is 3. The monoisotopic (exact) mass is 831 g/mol. The molecular formula is C47H49N3O11. The summed E-state index contributed by atoms with van der Waals surface area (Å²) in [6, 6.07) is 13.6. The molecule has 0 saturated carbocycles. The molecule has 61 heavy (non-hydrogen) atoms. The van der Waals surface area contributed by atoms with E-state index >= 15 is 19.2 Å². The normalized spacial score (nSPS) is 18.2. The van der Waals surface area contributed by atoms with E-state index in [1.165, 1.54) is 6.07 Å². The Morgan fingerprint density at radius 3 is 1.64 bits per heavy atom. The van der Waals surface area contributed by atoms with Crippen LogP contribution in [0.4, 0.5) is 17.1 Å². The molecule has 318 valence electrons. The molecule has 0 spiro atoms. The Kier molecular flexibility index (Phi) is 10.4. The van der Waals surface area contributed by atoms with Gasteiger partial charge < -0.3 is 33.7 Å². The first-order valence-electron chi connectivity index (χ1n) is 20.6. The van der Waals surface area contributed by atoms with E-state index in [0.717, 1.165) is 39.8 Å². The van der Waals surface area contributed by atoms with Gasteiger partial charge in [0.2, 0.25) is 0 Å². The number of rotatable bonds is 3. The number of amides is 4. The lowest BCUT2D eigenvalue weighted by molar-refractivity contribution is -0.139. The van der Waals surface area contributed by atoms with Gasteiger partial charge in [0.05, 0.1) is 45.9 Å². The van der Waals surface area contributed by atoms with Crippen molar-refractivity contribution in [2.45, 2.75) is 72.1 Å². The standard InChI is InChI=1S/C47H49N3O11/c1-8-57-35-24-29-38-39-28-23-32(48-15-9-10-16-48)40(38)44(55)49(43(29)54)30-21-26(46(2,3)4)11-13-33(30)58-17-19-60-36(51)25-37(52)61-20-18-59-34-14-12-27(47(5,6)7)22-31(34)50(42(28)53)45(56)41(35)39/h11-14,21-25,52H,8-10,15-20H2,1-7H3/b37-25-. The van der Waals surface area contributed by atoms with Gasteiger partial charge in [-0.3, -0.25) is 19.2 Å². The van der Waals surface area contributed by atoms with Crippen LogP contribution in [0.5, 0.6) is 17.2 Å². The topological polar surface area (TPSA) is 161 Å². The average Bonchev–Trinajstić information content (AvgIpc) is 3.74. The lowest BCUT2D eigenvalue weighted by atomic mass is 9.83. The Bertz CT molecular complexity index is 2560. The molecule has 0 atom stereocenters. The van der Waals surface area contributed by atoms with Crippen molar-refractivity contribution in [3.05, 3.63) is 93.9 Å². The zero-order valence-electron chi connectivity index (χ0n) is 35.4. The van der Waals surface area contributed by atoms with E-state index < -0.39 is 46.4 Å². The summed E-state index contributed by atoms with van der Waals surface area (Å²) >= 11 is 0. The number of aliphatic hydroxyl groups excluding tert-OH is 1. The average molecular weight is 832 g/mol. The SMILES string of the molecule is CCOc1cc2c3c4c(N5CCCC5)cc5c3c1C(=O)N(C5=O)c1cc(C(C)(C)C)ccc1OCCO/C(O)=C\C(=O)OCCOc1ccc(C(C)(C)C)cc1N(C2=O)C4=O. The van der Waals surface area contributed by atoms with Crippen molar-refractivity contribution < 1.29 is 52.8 Å². The highest BCUT2D eigenvalue weighted by molar-refractivity contribution is 6.44. The quantitative estimate of drug-likeness (QED) is 0.158. The van der Waals surface area contributed by atoms with E-state index in [1.807, 2.05) is 58.6 Å². The second-order valence-electron chi connectivity index (χ2n) is 17.4. The number of hydrogen-bond donors (Lipinski definition) is 1. The highest BCUT2D eigenvalue weighted by atomic mass is 16.6. The summed E-state index contributed by atoms with van der Waals surface area (Å²) in [5, 5.41) is 10.7. The zero-order valence-corrected chi connectivity index (χ0v) is 35.4. The molecule has 4 aromatic carbocycles. The molecule has 11 rings (SSSR count). The first kappa shape index (κ1) is 41.2. The third-order valence-corrected chi connectivity index (χ3v) is 11.3. The number of carbonyl (C=O) groups is 5. The summed E-state index contributed by atoms with van der Waals surface area (Å²) < 4.78 is 29.0. The molecule has 8 bridgehead atoms. The molecule has 7 aliphatic rings. The fourth-order valence-electron chi connectivity index (χ4n) is 8.26. The lowest BCUT2D eigenvalue weighted by Crippen LogP contribution is -2.45. The fourth-order valence-corrected chi connectivity index (χ4v) is 8.26. The summed E-state index contributed by atoms with van der Waals surface area (Å²) in [5.41, 5.74) is 1.98. The predicted molar refractivity (Wildman–Crippen MR) is 228 cm³/mol. The van der Waals surface area contributed by atoms with Crippen molar-refractivity contribution in [2.24, 2.45) is 0 Å². The number of esters is 1. The van der Waals surface area contributed by atoms with Crippen LogP contribution in [-0.4, -0.2) is 80.8 Å². The van der Waals surface area contributed by atoms with Crippen molar-refractivity contribution in [1.29, 1.82) is 0 Å². The molecule has 7 heterocycles. The van der Waals surface area contributed by atoms with E-state index in [9.17, 15) is 9.90 Å². The van der Waals surface area contributed by atoms with Crippen LogP contribution in [0.25, 0.3) is 10.8 Å². The molecule has 0 aliphatic carbocycles. The van der Waals surface area contributed by atoms with Crippen LogP contribution in [0.1, 0.15) is 114 Å². The summed E-state index contributed by atoms with van der Waals surface area (Å²) in [4.78, 5) is 77.7. The molecule has 14 heteroatoms. The highest BCUT2D eigenvalue weighted by Crippen LogP contribution is 2.50. The number of carbonyl (C=O) groups excluding carboxylic acids is 5. The molecular weight excluding hydrogens is 783 g/mol. The highest BCUT2D eigenvalue weighted by Gasteiger charge is 2.46. The maximum atomic E-state index is 15.4. The predicted octanol–water partition coefficient (Wildman–Crippen LogP) is 7.77. The van der Waals surface area contributed by atoms with Gasteiger partial charge >= 0.3 is 5.97 Å². The third kappa shape index (κ3) is 7.27. The van der Waals surface area contributed by atoms with Gasteiger partial charge in [-0.15, -0.1) is 0 Å². The van der Waals surface area contributed by atoms with Gasteiger partial charge in [0, 0.05) is 23.9 Å². The van der Waals surface area contributed by atoms with Gasteiger partial charge in [-0.1, -0.05) is 53.7 Å². The van der Waals surface area contributed by atoms with Gasteiger partial charge in [-0.25, -0.2) is 14.6 Å². The Morgan fingerprint density at radius 2 is 1.10 bits per heavy atom. The Balaban J connectivity index is 1.42. The second kappa shape index (κ2) is 15.5. The first-order chi connectivity index (χ1) is 29.0. The minimum atomic E-state index is -0.904. The van der Waals surface area contributed by atoms with Gasteiger partial charge in [0.15, 0.2) is 0 Å². The van der Waals surface area contributed by atoms with Crippen LogP contribution in [0, 0.1) is 0 Å². The molecule has 4 amide bonds. The Morgan fingerprint density at radius 1 is 0.607 bits per heavy atom. The van der Waals surface area contributed by atoms with E-state index in [0.29, 0.717) is 18.8 Å². The van der Waals surface area contributed by atoms with Crippen LogP contribution in [-0.2, 0) is 25.1 Å².